The number of nitriles is 1. The van der Waals surface area contributed by atoms with Gasteiger partial charge in [-0.1, -0.05) is 157 Å². The monoisotopic (exact) mass is 941 g/mol. The van der Waals surface area contributed by atoms with E-state index in [0.29, 0.717) is 22.3 Å². The summed E-state index contributed by atoms with van der Waals surface area (Å²) in [7, 11) is 0. The van der Waals surface area contributed by atoms with E-state index in [0.717, 1.165) is 55.5 Å². The number of furan rings is 1. The average molecular weight is 941 g/mol. The molecule has 4 nitrogen and oxygen atoms in total. The Hall–Kier alpha value is -5.73. The van der Waals surface area contributed by atoms with Gasteiger partial charge in [-0.25, -0.2) is 0 Å². The molecule has 6 heteroatoms. The predicted octanol–water partition coefficient (Wildman–Crippen LogP) is 14.1. The Morgan fingerprint density at radius 1 is 0.724 bits per heavy atom. The second-order valence-corrected chi connectivity index (χ2v) is 16.6. The second kappa shape index (κ2) is 17.0. The van der Waals surface area contributed by atoms with Gasteiger partial charge in [0.1, 0.15) is 17.2 Å². The molecule has 0 saturated heterocycles. The van der Waals surface area contributed by atoms with Gasteiger partial charge in [-0.3, -0.25) is 4.39 Å². The van der Waals surface area contributed by atoms with Crippen molar-refractivity contribution < 1.29 is 30.3 Å². The van der Waals surface area contributed by atoms with Gasteiger partial charge in [0.05, 0.1) is 5.58 Å². The largest absolute Gasteiger partial charge is 0.499 e. The Kier molecular flexibility index (Phi) is 11.9. The van der Waals surface area contributed by atoms with Crippen LogP contribution in [0.4, 0.5) is 4.39 Å². The third kappa shape index (κ3) is 8.72. The molecule has 0 atom stereocenters. The first-order valence-electron chi connectivity index (χ1n) is 19.6. The summed E-state index contributed by atoms with van der Waals surface area (Å²) in [5.74, 6) is -1.18. The average Bonchev–Trinajstić information content (AvgIpc) is 3.60. The number of rotatable bonds is 5. The molecule has 3 aromatic heterocycles. The first-order chi connectivity index (χ1) is 27.5. The maximum atomic E-state index is 12.8. The van der Waals surface area contributed by atoms with E-state index in [9.17, 15) is 9.65 Å². The first kappa shape index (κ1) is 40.5. The Bertz CT molecular complexity index is 2770. The van der Waals surface area contributed by atoms with E-state index in [1.807, 2.05) is 80.7 Å². The Balaban J connectivity index is 0.000000273. The van der Waals surface area contributed by atoms with Gasteiger partial charge >= 0.3 is 0 Å². The topological polar surface area (TPSA) is 62.7 Å². The van der Waals surface area contributed by atoms with E-state index in [1.165, 1.54) is 23.3 Å². The Morgan fingerprint density at radius 3 is 2.03 bits per heavy atom. The van der Waals surface area contributed by atoms with Crippen LogP contribution in [0.1, 0.15) is 84.9 Å². The molecule has 0 saturated carbocycles. The van der Waals surface area contributed by atoms with Crippen LogP contribution in [-0.4, -0.2) is 9.97 Å². The van der Waals surface area contributed by atoms with E-state index in [1.54, 1.807) is 12.3 Å². The third-order valence-corrected chi connectivity index (χ3v) is 10.2. The molecule has 0 unspecified atom stereocenters. The van der Waals surface area contributed by atoms with Crippen LogP contribution >= 0.6 is 0 Å². The summed E-state index contributed by atoms with van der Waals surface area (Å²) in [5, 5.41) is 11.9. The van der Waals surface area contributed by atoms with Crippen LogP contribution in [-0.2, 0) is 30.9 Å². The van der Waals surface area contributed by atoms with Gasteiger partial charge < -0.3 is 14.4 Å². The van der Waals surface area contributed by atoms with Crippen LogP contribution in [0, 0.1) is 29.3 Å². The van der Waals surface area contributed by atoms with Crippen LogP contribution in [0.2, 0.25) is 0 Å². The molecule has 0 aliphatic heterocycles. The number of pyridine rings is 2. The molecule has 58 heavy (non-hydrogen) atoms. The zero-order valence-electron chi connectivity index (χ0n) is 35.1. The summed E-state index contributed by atoms with van der Waals surface area (Å²) in [6, 6.07) is 45.5. The fraction of sp³-hybridized carbons (Fsp3) is 0.212. The molecule has 0 N–H and O–H groups in total. The maximum absolute atomic E-state index is 12.8. The minimum atomic E-state index is -0.904. The van der Waals surface area contributed by atoms with Crippen molar-refractivity contribution in [2.24, 2.45) is 0 Å². The van der Waals surface area contributed by atoms with E-state index in [4.69, 9.17) is 10.8 Å². The van der Waals surface area contributed by atoms with Crippen LogP contribution in [0.25, 0.3) is 66.7 Å². The molecule has 8 rings (SSSR count). The Morgan fingerprint density at radius 2 is 1.43 bits per heavy atom. The number of hydrogen-bond acceptors (Lipinski definition) is 4. The molecule has 0 fully saturated rings. The smallest absolute Gasteiger partial charge is 0.139 e. The molecule has 0 aliphatic carbocycles. The number of halogens is 1. The first-order valence-corrected chi connectivity index (χ1v) is 19.1. The van der Waals surface area contributed by atoms with Crippen molar-refractivity contribution in [2.75, 3.05) is 0 Å². The minimum absolute atomic E-state index is 0. The van der Waals surface area contributed by atoms with Crippen LogP contribution in [0.5, 0.6) is 0 Å². The maximum Gasteiger partial charge on any atom is 0.139 e. The molecule has 1 radical (unpaired) electrons. The van der Waals surface area contributed by atoms with Crippen LogP contribution in [0.3, 0.4) is 0 Å². The van der Waals surface area contributed by atoms with E-state index in [-0.39, 0.29) is 36.8 Å². The number of benzene rings is 5. The van der Waals surface area contributed by atoms with Crippen LogP contribution in [0.15, 0.2) is 132 Å². The van der Waals surface area contributed by atoms with Gasteiger partial charge in [0, 0.05) is 50.6 Å². The number of aromatic nitrogens is 2. The van der Waals surface area contributed by atoms with E-state index in [2.05, 4.69) is 101 Å². The molecule has 293 valence electrons. The fourth-order valence-corrected chi connectivity index (χ4v) is 6.91. The van der Waals surface area contributed by atoms with Crippen molar-refractivity contribution in [1.29, 1.82) is 5.26 Å². The summed E-state index contributed by atoms with van der Waals surface area (Å²) in [6.07, 6.45) is 3.67. The number of nitrogens with zero attached hydrogens (tertiary/aromatic N) is 3. The molecule has 0 spiro atoms. The van der Waals surface area contributed by atoms with Gasteiger partial charge in [-0.15, -0.1) is 47.5 Å². The molecule has 0 amide bonds. The summed E-state index contributed by atoms with van der Waals surface area (Å²) in [5.41, 5.74) is 12.0. The van der Waals surface area contributed by atoms with Crippen molar-refractivity contribution in [1.82, 2.24) is 9.97 Å². The molecule has 3 heterocycles. The van der Waals surface area contributed by atoms with Gasteiger partial charge in [0.25, 0.3) is 0 Å². The van der Waals surface area contributed by atoms with Crippen molar-refractivity contribution in [2.45, 2.75) is 72.1 Å². The summed E-state index contributed by atoms with van der Waals surface area (Å²) >= 11 is 0. The van der Waals surface area contributed by atoms with E-state index < -0.39 is 5.89 Å². The van der Waals surface area contributed by atoms with Gasteiger partial charge in [-0.05, 0) is 56.1 Å². The summed E-state index contributed by atoms with van der Waals surface area (Å²) in [6.45, 7) is 16.8. The van der Waals surface area contributed by atoms with Crippen molar-refractivity contribution >= 4 is 21.9 Å². The number of hydrogen-bond donors (Lipinski definition) is 0. The summed E-state index contributed by atoms with van der Waals surface area (Å²) in [4.78, 5) is 9.10. The van der Waals surface area contributed by atoms with E-state index >= 15 is 0 Å². The molecular formula is C52H46FIrN3O-2. The molecule has 5 aromatic carbocycles. The van der Waals surface area contributed by atoms with Crippen LogP contribution < -0.4 is 0 Å². The normalized spacial score (nSPS) is 12.0. The minimum Gasteiger partial charge on any atom is -0.499 e. The van der Waals surface area contributed by atoms with Gasteiger partial charge in [-0.2, -0.15) is 5.26 Å². The second-order valence-electron chi connectivity index (χ2n) is 16.6. The van der Waals surface area contributed by atoms with Crippen molar-refractivity contribution in [3.8, 4) is 50.8 Å². The SMILES string of the molecule is CC(C)(C)c1ccc(-c2[c-]cc(F)cc2)nc1.[2H]C(C)(C)c1c[c-]c(-c2cc(-c3ccc(C(C)(C)C)cc3)ccn2)c2oc3c(C#N)c(-c4ccccc4)ccc3c12.[Ir]. The van der Waals surface area contributed by atoms with Gasteiger partial charge in [0.15, 0.2) is 0 Å². The molecule has 0 aliphatic rings. The quantitative estimate of drug-likeness (QED) is 0.161. The number of fused-ring (bicyclic) bond motifs is 3. The van der Waals surface area contributed by atoms with Gasteiger partial charge in [0.2, 0.25) is 0 Å². The zero-order chi connectivity index (χ0) is 41.4. The predicted molar refractivity (Wildman–Crippen MR) is 231 cm³/mol. The zero-order valence-corrected chi connectivity index (χ0v) is 36.5. The standard InChI is InChI=1S/C37H31N2O.C15H15FN.Ir/c1-23(2)28-15-17-30(33-21-26(19-20-39-33)24-11-13-27(14-12-24)37(3,4)5)36-34(28)31-18-16-29(25-9-7-6-8-10-25)32(22-38)35(31)40-36;1-15(2,3)12-6-9-14(17-10-12)11-4-7-13(16)8-5-11;/h6-16,18-21,23H,1-5H3;4,6-10H,1-3H3;/q2*-1;/i23D;;. The third-order valence-electron chi connectivity index (χ3n) is 10.2. The molecule has 8 aromatic rings. The van der Waals surface area contributed by atoms with Crippen molar-refractivity contribution in [3.63, 3.8) is 0 Å². The molecular weight excluding hydrogens is 894 g/mol. The van der Waals surface area contributed by atoms with Crippen molar-refractivity contribution in [3.05, 3.63) is 168 Å². The summed E-state index contributed by atoms with van der Waals surface area (Å²) < 4.78 is 28.2. The molecule has 0 bridgehead atoms. The fourth-order valence-electron chi connectivity index (χ4n) is 6.91. The Labute approximate surface area is 356 Å².